The highest BCUT2D eigenvalue weighted by Gasteiger charge is 2.10. The van der Waals surface area contributed by atoms with E-state index in [4.69, 9.17) is 4.74 Å². The van der Waals surface area contributed by atoms with Gasteiger partial charge in [0.15, 0.2) is 0 Å². The van der Waals surface area contributed by atoms with Crippen LogP contribution in [-0.4, -0.2) is 5.54 Å². The Bertz CT molecular complexity index is 600. The second-order valence-corrected chi connectivity index (χ2v) is 7.16. The highest BCUT2D eigenvalue weighted by atomic mass is 79.9. The van der Waals surface area contributed by atoms with E-state index in [1.807, 2.05) is 30.3 Å². The molecule has 2 aromatic carbocycles. The Morgan fingerprint density at radius 2 is 1.62 bits per heavy atom. The number of benzene rings is 2. The number of hydrogen-bond donors (Lipinski definition) is 1. The molecular formula is C18H22BrNO. The zero-order valence-corrected chi connectivity index (χ0v) is 14.6. The minimum absolute atomic E-state index is 0.124. The van der Waals surface area contributed by atoms with Crippen molar-refractivity contribution >= 4 is 15.9 Å². The molecule has 0 saturated carbocycles. The maximum absolute atomic E-state index is 5.87. The lowest BCUT2D eigenvalue weighted by Gasteiger charge is -2.21. The summed E-state index contributed by atoms with van der Waals surface area (Å²) in [7, 11) is 0. The Kier molecular flexibility index (Phi) is 5.07. The fraction of sp³-hybridized carbons (Fsp3) is 0.333. The zero-order chi connectivity index (χ0) is 15.5. The molecule has 0 bridgehead atoms. The fourth-order valence-corrected chi connectivity index (χ4v) is 2.19. The van der Waals surface area contributed by atoms with E-state index in [0.717, 1.165) is 22.5 Å². The summed E-state index contributed by atoms with van der Waals surface area (Å²) >= 11 is 3.42. The van der Waals surface area contributed by atoms with Crippen molar-refractivity contribution in [2.75, 3.05) is 0 Å². The molecule has 21 heavy (non-hydrogen) atoms. The first kappa shape index (κ1) is 16.1. The second-order valence-electron chi connectivity index (χ2n) is 6.25. The first-order chi connectivity index (χ1) is 9.83. The number of rotatable bonds is 4. The van der Waals surface area contributed by atoms with Gasteiger partial charge in [0, 0.05) is 16.6 Å². The number of ether oxygens (including phenoxy) is 1. The zero-order valence-electron chi connectivity index (χ0n) is 13.0. The predicted octanol–water partition coefficient (Wildman–Crippen LogP) is 5.44. The van der Waals surface area contributed by atoms with Crippen LogP contribution < -0.4 is 10.1 Å². The third-order valence-corrected chi connectivity index (χ3v) is 3.70. The number of halogens is 1. The topological polar surface area (TPSA) is 21.3 Å². The highest BCUT2D eigenvalue weighted by Crippen LogP contribution is 2.25. The molecule has 0 atom stereocenters. The maximum Gasteiger partial charge on any atom is 0.127 e. The molecule has 0 aliphatic rings. The van der Waals surface area contributed by atoms with E-state index >= 15 is 0 Å². The largest absolute Gasteiger partial charge is 0.457 e. The predicted molar refractivity (Wildman–Crippen MR) is 92.0 cm³/mol. The lowest BCUT2D eigenvalue weighted by molar-refractivity contribution is 0.423. The van der Waals surface area contributed by atoms with Gasteiger partial charge in [0.2, 0.25) is 0 Å². The van der Waals surface area contributed by atoms with Crippen molar-refractivity contribution in [3.63, 3.8) is 0 Å². The molecule has 1 N–H and O–H groups in total. The number of nitrogens with one attached hydrogen (secondary N) is 1. The van der Waals surface area contributed by atoms with E-state index in [1.165, 1.54) is 11.1 Å². The van der Waals surface area contributed by atoms with Crippen molar-refractivity contribution in [3.8, 4) is 11.5 Å². The minimum atomic E-state index is 0.124. The van der Waals surface area contributed by atoms with Crippen LogP contribution in [0, 0.1) is 6.92 Å². The number of hydrogen-bond acceptors (Lipinski definition) is 2. The quantitative estimate of drug-likeness (QED) is 0.795. The molecule has 0 fully saturated rings. The third kappa shape index (κ3) is 5.18. The molecule has 0 spiro atoms. The Balaban J connectivity index is 2.06. The fourth-order valence-electron chi connectivity index (χ4n) is 1.93. The van der Waals surface area contributed by atoms with E-state index in [2.05, 4.69) is 61.1 Å². The van der Waals surface area contributed by atoms with Crippen molar-refractivity contribution in [1.82, 2.24) is 5.32 Å². The molecule has 0 radical (unpaired) electrons. The average Bonchev–Trinajstić information content (AvgIpc) is 2.39. The van der Waals surface area contributed by atoms with Gasteiger partial charge in [0.25, 0.3) is 0 Å². The van der Waals surface area contributed by atoms with Crippen LogP contribution in [0.2, 0.25) is 0 Å². The third-order valence-electron chi connectivity index (χ3n) is 3.17. The van der Waals surface area contributed by atoms with Crippen LogP contribution in [0.25, 0.3) is 0 Å². The van der Waals surface area contributed by atoms with Gasteiger partial charge in [0.1, 0.15) is 11.5 Å². The van der Waals surface area contributed by atoms with Gasteiger partial charge in [0.05, 0.1) is 0 Å². The minimum Gasteiger partial charge on any atom is -0.457 e. The van der Waals surface area contributed by atoms with Gasteiger partial charge < -0.3 is 10.1 Å². The normalized spacial score (nSPS) is 11.5. The van der Waals surface area contributed by atoms with Crippen LogP contribution in [0.15, 0.2) is 46.9 Å². The maximum atomic E-state index is 5.87. The van der Waals surface area contributed by atoms with Gasteiger partial charge in [-0.1, -0.05) is 22.0 Å². The van der Waals surface area contributed by atoms with Crippen molar-refractivity contribution in [3.05, 3.63) is 58.1 Å². The lowest BCUT2D eigenvalue weighted by atomic mass is 10.1. The Labute approximate surface area is 135 Å². The van der Waals surface area contributed by atoms with E-state index in [9.17, 15) is 0 Å². The summed E-state index contributed by atoms with van der Waals surface area (Å²) < 4.78 is 6.92. The molecule has 2 rings (SSSR count). The summed E-state index contributed by atoms with van der Waals surface area (Å²) in [5, 5.41) is 3.51. The summed E-state index contributed by atoms with van der Waals surface area (Å²) in [6.07, 6.45) is 0. The summed E-state index contributed by atoms with van der Waals surface area (Å²) in [6, 6.07) is 14.1. The standard InChI is InChI=1S/C18H22BrNO/c1-13-11-17(21-16-9-6-15(19)7-10-16)8-5-14(13)12-20-18(2,3)4/h5-11,20H,12H2,1-4H3. The average molecular weight is 348 g/mol. The Morgan fingerprint density at radius 1 is 1.00 bits per heavy atom. The van der Waals surface area contributed by atoms with Crippen LogP contribution >= 0.6 is 15.9 Å². The number of aryl methyl sites for hydroxylation is 1. The molecule has 0 aliphatic carbocycles. The van der Waals surface area contributed by atoms with Gasteiger partial charge in [-0.2, -0.15) is 0 Å². The van der Waals surface area contributed by atoms with Crippen LogP contribution in [-0.2, 0) is 6.54 Å². The van der Waals surface area contributed by atoms with E-state index in [1.54, 1.807) is 0 Å². The second kappa shape index (κ2) is 6.63. The molecule has 0 heterocycles. The van der Waals surface area contributed by atoms with Crippen LogP contribution in [0.4, 0.5) is 0 Å². The van der Waals surface area contributed by atoms with Gasteiger partial charge in [-0.3, -0.25) is 0 Å². The van der Waals surface area contributed by atoms with Crippen molar-refractivity contribution in [1.29, 1.82) is 0 Å². The molecule has 0 amide bonds. The SMILES string of the molecule is Cc1cc(Oc2ccc(Br)cc2)ccc1CNC(C)(C)C. The molecule has 2 aromatic rings. The smallest absolute Gasteiger partial charge is 0.127 e. The highest BCUT2D eigenvalue weighted by molar-refractivity contribution is 9.10. The summed E-state index contributed by atoms with van der Waals surface area (Å²) in [6.45, 7) is 9.51. The molecule has 0 aliphatic heterocycles. The summed E-state index contributed by atoms with van der Waals surface area (Å²) in [4.78, 5) is 0. The Hall–Kier alpha value is -1.32. The van der Waals surface area contributed by atoms with Crippen molar-refractivity contribution in [2.24, 2.45) is 0 Å². The van der Waals surface area contributed by atoms with Crippen molar-refractivity contribution < 1.29 is 4.74 Å². The van der Waals surface area contributed by atoms with E-state index in [-0.39, 0.29) is 5.54 Å². The van der Waals surface area contributed by atoms with Crippen molar-refractivity contribution in [2.45, 2.75) is 39.8 Å². The lowest BCUT2D eigenvalue weighted by Crippen LogP contribution is -2.35. The Morgan fingerprint density at radius 3 is 2.19 bits per heavy atom. The van der Waals surface area contributed by atoms with E-state index < -0.39 is 0 Å². The molecule has 0 unspecified atom stereocenters. The molecule has 112 valence electrons. The molecular weight excluding hydrogens is 326 g/mol. The van der Waals surface area contributed by atoms with Gasteiger partial charge >= 0.3 is 0 Å². The molecule has 2 nitrogen and oxygen atoms in total. The molecule has 0 aromatic heterocycles. The first-order valence-corrected chi connectivity index (χ1v) is 7.91. The van der Waals surface area contributed by atoms with Crippen LogP contribution in [0.3, 0.4) is 0 Å². The first-order valence-electron chi connectivity index (χ1n) is 7.11. The van der Waals surface area contributed by atoms with Crippen LogP contribution in [0.1, 0.15) is 31.9 Å². The molecule has 3 heteroatoms. The molecule has 0 saturated heterocycles. The van der Waals surface area contributed by atoms with Crippen LogP contribution in [0.5, 0.6) is 11.5 Å². The van der Waals surface area contributed by atoms with Gasteiger partial charge in [-0.05, 0) is 75.2 Å². The summed E-state index contributed by atoms with van der Waals surface area (Å²) in [5.74, 6) is 1.72. The van der Waals surface area contributed by atoms with Gasteiger partial charge in [-0.25, -0.2) is 0 Å². The van der Waals surface area contributed by atoms with Gasteiger partial charge in [-0.15, -0.1) is 0 Å². The monoisotopic (exact) mass is 347 g/mol. The summed E-state index contributed by atoms with van der Waals surface area (Å²) in [5.41, 5.74) is 2.66. The van der Waals surface area contributed by atoms with E-state index in [0.29, 0.717) is 0 Å².